The normalized spacial score (nSPS) is 11.2. The minimum absolute atomic E-state index is 0.792. The molecule has 0 aromatic heterocycles. The Kier molecular flexibility index (Phi) is 10.2. The summed E-state index contributed by atoms with van der Waals surface area (Å²) < 4.78 is 5.97. The highest BCUT2D eigenvalue weighted by Gasteiger charge is 2.05. The van der Waals surface area contributed by atoms with E-state index in [2.05, 4.69) is 30.1 Å². The molecule has 0 aliphatic carbocycles. The lowest BCUT2D eigenvalue weighted by atomic mass is 10.0. The molecule has 0 atom stereocenters. The Labute approximate surface area is 164 Å². The highest BCUT2D eigenvalue weighted by atomic mass is 16.5. The minimum Gasteiger partial charge on any atom is -0.494 e. The van der Waals surface area contributed by atoms with Crippen molar-refractivity contribution in [2.75, 3.05) is 6.61 Å². The number of hydrogen-bond acceptors (Lipinski definition) is 3. The zero-order valence-corrected chi connectivity index (χ0v) is 17.0. The number of hydrogen-bond donors (Lipinski definition) is 0. The molecule has 0 aliphatic rings. The van der Waals surface area contributed by atoms with Crippen molar-refractivity contribution in [1.82, 2.24) is 0 Å². The molecule has 2 aromatic rings. The van der Waals surface area contributed by atoms with Crippen LogP contribution >= 0.6 is 0 Å². The number of unbranched alkanes of at least 4 members (excludes halogenated alkanes) is 6. The number of azo groups is 1. The van der Waals surface area contributed by atoms with Gasteiger partial charge in [-0.15, -0.1) is 0 Å². The van der Waals surface area contributed by atoms with Crippen molar-refractivity contribution < 1.29 is 4.74 Å². The van der Waals surface area contributed by atoms with Gasteiger partial charge in [0.1, 0.15) is 5.75 Å². The fraction of sp³-hybridized carbons (Fsp3) is 0.500. The smallest absolute Gasteiger partial charge is 0.119 e. The second-order valence-corrected chi connectivity index (χ2v) is 7.05. The van der Waals surface area contributed by atoms with Crippen LogP contribution in [0, 0.1) is 0 Å². The SMILES string of the molecule is CCCCCCOc1ccc(N=Nc2ccccc2)c(CCCCCC)c1. The fourth-order valence-corrected chi connectivity index (χ4v) is 3.02. The van der Waals surface area contributed by atoms with Gasteiger partial charge in [0.15, 0.2) is 0 Å². The predicted octanol–water partition coefficient (Wildman–Crippen LogP) is 8.18. The molecule has 0 fully saturated rings. The Bertz CT molecular complexity index is 667. The van der Waals surface area contributed by atoms with E-state index in [0.717, 1.165) is 36.6 Å². The van der Waals surface area contributed by atoms with E-state index < -0.39 is 0 Å². The number of nitrogens with zero attached hydrogens (tertiary/aromatic N) is 2. The molecule has 27 heavy (non-hydrogen) atoms. The lowest BCUT2D eigenvalue weighted by molar-refractivity contribution is 0.305. The number of benzene rings is 2. The van der Waals surface area contributed by atoms with Crippen LogP contribution < -0.4 is 4.74 Å². The summed E-state index contributed by atoms with van der Waals surface area (Å²) in [7, 11) is 0. The molecular formula is C24H34N2O. The van der Waals surface area contributed by atoms with Crippen LogP contribution in [0.3, 0.4) is 0 Å². The summed E-state index contributed by atoms with van der Waals surface area (Å²) in [6.45, 7) is 5.26. The van der Waals surface area contributed by atoms with Crippen molar-refractivity contribution in [3.8, 4) is 5.75 Å². The molecule has 2 aromatic carbocycles. The monoisotopic (exact) mass is 366 g/mol. The minimum atomic E-state index is 0.792. The number of rotatable bonds is 13. The van der Waals surface area contributed by atoms with Gasteiger partial charge >= 0.3 is 0 Å². The zero-order valence-electron chi connectivity index (χ0n) is 17.0. The number of aryl methyl sites for hydroxylation is 1. The standard InChI is InChI=1S/C24H34N2O/c1-3-5-7-10-14-21-20-23(27-19-13-8-6-4-2)17-18-24(21)26-25-22-15-11-9-12-16-22/h9,11-12,15-18,20H,3-8,10,13-14,19H2,1-2H3. The number of ether oxygens (including phenoxy) is 1. The molecule has 0 saturated heterocycles. The first-order valence-corrected chi connectivity index (χ1v) is 10.6. The summed E-state index contributed by atoms with van der Waals surface area (Å²) in [5.41, 5.74) is 3.07. The van der Waals surface area contributed by atoms with Crippen LogP contribution in [0.2, 0.25) is 0 Å². The third kappa shape index (κ3) is 8.38. The van der Waals surface area contributed by atoms with E-state index in [-0.39, 0.29) is 0 Å². The summed E-state index contributed by atoms with van der Waals surface area (Å²) in [5.74, 6) is 0.954. The van der Waals surface area contributed by atoms with Crippen molar-refractivity contribution in [3.63, 3.8) is 0 Å². The second-order valence-electron chi connectivity index (χ2n) is 7.05. The van der Waals surface area contributed by atoms with E-state index in [9.17, 15) is 0 Å². The molecule has 0 spiro atoms. The molecule has 0 N–H and O–H groups in total. The average molecular weight is 367 g/mol. The lowest BCUT2D eigenvalue weighted by Gasteiger charge is -2.10. The van der Waals surface area contributed by atoms with Gasteiger partial charge in [-0.25, -0.2) is 0 Å². The molecule has 3 heteroatoms. The Morgan fingerprint density at radius 3 is 2.22 bits per heavy atom. The molecule has 0 heterocycles. The largest absolute Gasteiger partial charge is 0.494 e. The van der Waals surface area contributed by atoms with E-state index >= 15 is 0 Å². The van der Waals surface area contributed by atoms with E-state index in [1.807, 2.05) is 42.5 Å². The van der Waals surface area contributed by atoms with Crippen LogP contribution in [-0.2, 0) is 6.42 Å². The maximum atomic E-state index is 5.97. The van der Waals surface area contributed by atoms with E-state index in [1.54, 1.807) is 0 Å². The molecule has 0 bridgehead atoms. The maximum absolute atomic E-state index is 5.97. The summed E-state index contributed by atoms with van der Waals surface area (Å²) in [5, 5.41) is 8.90. The average Bonchev–Trinajstić information content (AvgIpc) is 2.71. The molecule has 0 aliphatic heterocycles. The molecule has 146 valence electrons. The molecular weight excluding hydrogens is 332 g/mol. The highest BCUT2D eigenvalue weighted by Crippen LogP contribution is 2.28. The van der Waals surface area contributed by atoms with Crippen molar-refractivity contribution in [1.29, 1.82) is 0 Å². The summed E-state index contributed by atoms with van der Waals surface area (Å²) >= 11 is 0. The quantitative estimate of drug-likeness (QED) is 0.260. The van der Waals surface area contributed by atoms with Gasteiger partial charge in [-0.05, 0) is 55.2 Å². The van der Waals surface area contributed by atoms with Crippen LogP contribution in [-0.4, -0.2) is 6.61 Å². The van der Waals surface area contributed by atoms with E-state index in [4.69, 9.17) is 4.74 Å². The van der Waals surface area contributed by atoms with Gasteiger partial charge in [0.2, 0.25) is 0 Å². The van der Waals surface area contributed by atoms with Gasteiger partial charge in [-0.3, -0.25) is 0 Å². The van der Waals surface area contributed by atoms with Crippen molar-refractivity contribution in [3.05, 3.63) is 54.1 Å². The van der Waals surface area contributed by atoms with Gasteiger partial charge in [0.25, 0.3) is 0 Å². The Balaban J connectivity index is 2.03. The highest BCUT2D eigenvalue weighted by molar-refractivity contribution is 5.50. The Morgan fingerprint density at radius 1 is 0.741 bits per heavy atom. The van der Waals surface area contributed by atoms with Crippen LogP contribution in [0.5, 0.6) is 5.75 Å². The summed E-state index contributed by atoms with van der Waals surface area (Å²) in [6, 6.07) is 16.1. The predicted molar refractivity (Wildman–Crippen MR) is 115 cm³/mol. The van der Waals surface area contributed by atoms with Gasteiger partial charge in [0, 0.05) is 0 Å². The van der Waals surface area contributed by atoms with Crippen molar-refractivity contribution in [2.45, 2.75) is 71.6 Å². The van der Waals surface area contributed by atoms with Crippen LogP contribution in [0.15, 0.2) is 58.8 Å². The molecule has 0 saturated carbocycles. The van der Waals surface area contributed by atoms with Gasteiger partial charge < -0.3 is 4.74 Å². The third-order valence-corrected chi connectivity index (χ3v) is 4.65. The molecule has 0 amide bonds. The second kappa shape index (κ2) is 13.1. The Morgan fingerprint density at radius 2 is 1.48 bits per heavy atom. The van der Waals surface area contributed by atoms with Gasteiger partial charge in [-0.2, -0.15) is 10.2 Å². The first kappa shape index (κ1) is 21.1. The van der Waals surface area contributed by atoms with Gasteiger partial charge in [-0.1, -0.05) is 70.6 Å². The first-order chi connectivity index (χ1) is 13.3. The summed E-state index contributed by atoms with van der Waals surface area (Å²) in [6.07, 6.45) is 10.9. The van der Waals surface area contributed by atoms with Crippen LogP contribution in [0.25, 0.3) is 0 Å². The summed E-state index contributed by atoms with van der Waals surface area (Å²) in [4.78, 5) is 0. The maximum Gasteiger partial charge on any atom is 0.119 e. The van der Waals surface area contributed by atoms with Crippen molar-refractivity contribution >= 4 is 11.4 Å². The first-order valence-electron chi connectivity index (χ1n) is 10.6. The van der Waals surface area contributed by atoms with Gasteiger partial charge in [0.05, 0.1) is 18.0 Å². The third-order valence-electron chi connectivity index (χ3n) is 4.65. The van der Waals surface area contributed by atoms with Crippen LogP contribution in [0.1, 0.15) is 70.8 Å². The molecule has 0 unspecified atom stereocenters. The van der Waals surface area contributed by atoms with E-state index in [1.165, 1.54) is 50.5 Å². The lowest BCUT2D eigenvalue weighted by Crippen LogP contribution is -1.98. The van der Waals surface area contributed by atoms with Crippen LogP contribution in [0.4, 0.5) is 11.4 Å². The molecule has 3 nitrogen and oxygen atoms in total. The van der Waals surface area contributed by atoms with Crippen molar-refractivity contribution in [2.24, 2.45) is 10.2 Å². The zero-order chi connectivity index (χ0) is 19.2. The molecule has 2 rings (SSSR count). The molecule has 0 radical (unpaired) electrons. The topological polar surface area (TPSA) is 34.0 Å². The Hall–Kier alpha value is -2.16. The fourth-order valence-electron chi connectivity index (χ4n) is 3.02. The van der Waals surface area contributed by atoms with E-state index in [0.29, 0.717) is 0 Å².